The first-order valence-electron chi connectivity index (χ1n) is 11.6. The Morgan fingerprint density at radius 3 is 2.56 bits per heavy atom. The molecule has 2 amide bonds. The summed E-state index contributed by atoms with van der Waals surface area (Å²) < 4.78 is 5.61. The molecule has 0 unspecified atom stereocenters. The molecule has 1 fully saturated rings. The summed E-state index contributed by atoms with van der Waals surface area (Å²) >= 11 is 6.58. The highest BCUT2D eigenvalue weighted by molar-refractivity contribution is 6.35. The van der Waals surface area contributed by atoms with Crippen LogP contribution in [0.4, 0.5) is 11.4 Å². The highest BCUT2D eigenvalue weighted by Crippen LogP contribution is 2.31. The quantitative estimate of drug-likeness (QED) is 0.548. The van der Waals surface area contributed by atoms with Crippen LogP contribution in [0.15, 0.2) is 46.9 Å². The van der Waals surface area contributed by atoms with Gasteiger partial charge in [-0.3, -0.25) is 14.5 Å². The van der Waals surface area contributed by atoms with E-state index < -0.39 is 0 Å². The summed E-state index contributed by atoms with van der Waals surface area (Å²) in [5.41, 5.74) is 2.96. The number of aryl methyl sites for hydroxylation is 1. The van der Waals surface area contributed by atoms with Crippen molar-refractivity contribution in [3.63, 3.8) is 0 Å². The van der Waals surface area contributed by atoms with Crippen LogP contribution >= 0.6 is 11.6 Å². The predicted molar refractivity (Wildman–Crippen MR) is 129 cm³/mol. The molecule has 176 valence electrons. The second kappa shape index (κ2) is 9.46. The molecule has 2 aliphatic heterocycles. The van der Waals surface area contributed by atoms with Crippen LogP contribution in [0.25, 0.3) is 0 Å². The summed E-state index contributed by atoms with van der Waals surface area (Å²) in [6.07, 6.45) is 2.94. The summed E-state index contributed by atoms with van der Waals surface area (Å²) in [5, 5.41) is 8.42. The van der Waals surface area contributed by atoms with E-state index in [0.717, 1.165) is 37.2 Å². The van der Waals surface area contributed by atoms with Gasteiger partial charge in [0.1, 0.15) is 6.54 Å². The number of para-hydroxylation sites is 1. The number of benzene rings is 2. The lowest BCUT2D eigenvalue weighted by molar-refractivity contribution is -0.131. The van der Waals surface area contributed by atoms with E-state index in [4.69, 9.17) is 16.0 Å². The molecule has 1 aromatic heterocycles. The number of hydrogen-bond acceptors (Lipinski definition) is 6. The Hall–Kier alpha value is -3.39. The van der Waals surface area contributed by atoms with E-state index in [0.29, 0.717) is 41.0 Å². The van der Waals surface area contributed by atoms with Crippen molar-refractivity contribution in [2.45, 2.75) is 39.3 Å². The first-order valence-corrected chi connectivity index (χ1v) is 11.9. The number of nitrogens with zero attached hydrogens (tertiary/aromatic N) is 5. The van der Waals surface area contributed by atoms with Gasteiger partial charge in [0, 0.05) is 37.4 Å². The van der Waals surface area contributed by atoms with Crippen molar-refractivity contribution in [1.82, 2.24) is 15.1 Å². The Bertz CT molecular complexity index is 1220. The summed E-state index contributed by atoms with van der Waals surface area (Å²) in [6, 6.07) is 13.1. The maximum absolute atomic E-state index is 13.6. The van der Waals surface area contributed by atoms with E-state index in [-0.39, 0.29) is 24.9 Å². The van der Waals surface area contributed by atoms with Gasteiger partial charge < -0.3 is 14.2 Å². The van der Waals surface area contributed by atoms with Gasteiger partial charge in [0.05, 0.1) is 17.1 Å². The third kappa shape index (κ3) is 4.37. The summed E-state index contributed by atoms with van der Waals surface area (Å²) in [7, 11) is 0. The number of aromatic nitrogens is 2. The molecule has 9 heteroatoms. The van der Waals surface area contributed by atoms with Gasteiger partial charge in [-0.25, -0.2) is 0 Å². The van der Waals surface area contributed by atoms with Crippen molar-refractivity contribution in [2.75, 3.05) is 29.4 Å². The first-order chi connectivity index (χ1) is 16.5. The lowest BCUT2D eigenvalue weighted by atomic mass is 10.1. The van der Waals surface area contributed by atoms with Crippen molar-refractivity contribution >= 4 is 34.8 Å². The van der Waals surface area contributed by atoms with Gasteiger partial charge in [-0.1, -0.05) is 36.7 Å². The van der Waals surface area contributed by atoms with Gasteiger partial charge >= 0.3 is 0 Å². The molecular weight excluding hydrogens is 454 g/mol. The minimum atomic E-state index is -0.299. The molecule has 0 atom stereocenters. The number of anilines is 2. The fraction of sp³-hybridized carbons (Fsp3) is 0.360. The second-order valence-corrected chi connectivity index (χ2v) is 8.98. The molecule has 3 heterocycles. The van der Waals surface area contributed by atoms with Crippen molar-refractivity contribution in [2.24, 2.45) is 0 Å². The highest BCUT2D eigenvalue weighted by atomic mass is 35.5. The average Bonchev–Trinajstić information content (AvgIpc) is 3.52. The van der Waals surface area contributed by atoms with E-state index in [1.165, 1.54) is 4.90 Å². The molecule has 1 saturated heterocycles. The minimum absolute atomic E-state index is 0.102. The second-order valence-electron chi connectivity index (χ2n) is 8.57. The molecular formula is C25H26ClN5O3. The van der Waals surface area contributed by atoms with Crippen molar-refractivity contribution in [3.05, 3.63) is 70.4 Å². The number of carbonyl (C=O) groups is 2. The zero-order chi connectivity index (χ0) is 23.7. The van der Waals surface area contributed by atoms with Gasteiger partial charge in [0.15, 0.2) is 0 Å². The lowest BCUT2D eigenvalue weighted by Crippen LogP contribution is -2.40. The Morgan fingerprint density at radius 1 is 1.06 bits per heavy atom. The molecule has 2 aromatic carbocycles. The Labute approximate surface area is 203 Å². The number of amides is 2. The van der Waals surface area contributed by atoms with E-state index in [1.807, 2.05) is 43.3 Å². The van der Waals surface area contributed by atoms with Crippen molar-refractivity contribution in [1.29, 1.82) is 0 Å². The van der Waals surface area contributed by atoms with Gasteiger partial charge in [0.25, 0.3) is 5.91 Å². The molecule has 0 N–H and O–H groups in total. The predicted octanol–water partition coefficient (Wildman–Crippen LogP) is 4.07. The molecule has 0 radical (unpaired) electrons. The van der Waals surface area contributed by atoms with Crippen LogP contribution in [0, 0.1) is 0 Å². The summed E-state index contributed by atoms with van der Waals surface area (Å²) in [6.45, 7) is 4.34. The first kappa shape index (κ1) is 22.4. The third-order valence-electron chi connectivity index (χ3n) is 6.33. The number of halogens is 1. The van der Waals surface area contributed by atoms with Crippen LogP contribution in [0.1, 0.15) is 47.5 Å². The minimum Gasteiger partial charge on any atom is -0.423 e. The SMILES string of the molecule is CCc1nnc(CN2Cc3ccccc3N(C(=O)c3ccc(N4CCCC4)cc3Cl)CC2=O)o1. The van der Waals surface area contributed by atoms with Crippen LogP contribution in [0.5, 0.6) is 0 Å². The normalized spacial score (nSPS) is 16.1. The Kier molecular flexibility index (Phi) is 6.24. The zero-order valence-electron chi connectivity index (χ0n) is 19.0. The van der Waals surface area contributed by atoms with Gasteiger partial charge in [-0.15, -0.1) is 10.2 Å². The van der Waals surface area contributed by atoms with Crippen LogP contribution in [-0.2, 0) is 24.3 Å². The molecule has 0 spiro atoms. The molecule has 34 heavy (non-hydrogen) atoms. The topological polar surface area (TPSA) is 82.8 Å². The molecule has 0 saturated carbocycles. The standard InChI is InChI=1S/C25H26ClN5O3/c1-2-22-27-28-23(34-22)15-30-14-17-7-3-4-8-21(17)31(16-24(30)32)25(33)19-10-9-18(13-20(19)26)29-11-5-6-12-29/h3-4,7-10,13H,2,5-6,11-12,14-16H2,1H3. The zero-order valence-corrected chi connectivity index (χ0v) is 19.8. The van der Waals surface area contributed by atoms with Gasteiger partial charge in [-0.2, -0.15) is 0 Å². The monoisotopic (exact) mass is 479 g/mol. The molecule has 5 rings (SSSR count). The molecule has 3 aromatic rings. The Balaban J connectivity index is 1.42. The molecule has 0 bridgehead atoms. The van der Waals surface area contributed by atoms with Gasteiger partial charge in [0.2, 0.25) is 17.7 Å². The maximum Gasteiger partial charge on any atom is 0.260 e. The van der Waals surface area contributed by atoms with E-state index in [1.54, 1.807) is 11.0 Å². The molecule has 2 aliphatic rings. The smallest absolute Gasteiger partial charge is 0.260 e. The van der Waals surface area contributed by atoms with Crippen LogP contribution < -0.4 is 9.80 Å². The fourth-order valence-corrected chi connectivity index (χ4v) is 4.76. The average molecular weight is 480 g/mol. The van der Waals surface area contributed by atoms with E-state index in [9.17, 15) is 9.59 Å². The lowest BCUT2D eigenvalue weighted by Gasteiger charge is -2.23. The third-order valence-corrected chi connectivity index (χ3v) is 6.64. The van der Waals surface area contributed by atoms with Crippen molar-refractivity contribution in [3.8, 4) is 0 Å². The molecule has 8 nitrogen and oxygen atoms in total. The van der Waals surface area contributed by atoms with Gasteiger partial charge in [-0.05, 0) is 42.7 Å². The van der Waals surface area contributed by atoms with E-state index in [2.05, 4.69) is 15.1 Å². The number of rotatable bonds is 5. The number of fused-ring (bicyclic) bond motifs is 1. The maximum atomic E-state index is 13.6. The van der Waals surface area contributed by atoms with E-state index >= 15 is 0 Å². The largest absolute Gasteiger partial charge is 0.423 e. The number of hydrogen-bond donors (Lipinski definition) is 0. The Morgan fingerprint density at radius 2 is 1.82 bits per heavy atom. The summed E-state index contributed by atoms with van der Waals surface area (Å²) in [5.74, 6) is 0.404. The van der Waals surface area contributed by atoms with Crippen LogP contribution in [0.3, 0.4) is 0 Å². The summed E-state index contributed by atoms with van der Waals surface area (Å²) in [4.78, 5) is 32.3. The van der Waals surface area contributed by atoms with Crippen LogP contribution in [-0.4, -0.2) is 46.5 Å². The molecule has 0 aliphatic carbocycles. The van der Waals surface area contributed by atoms with Crippen LogP contribution in [0.2, 0.25) is 5.02 Å². The number of carbonyl (C=O) groups excluding carboxylic acids is 2. The fourth-order valence-electron chi connectivity index (χ4n) is 4.50. The van der Waals surface area contributed by atoms with Crippen molar-refractivity contribution < 1.29 is 14.0 Å². The highest BCUT2D eigenvalue weighted by Gasteiger charge is 2.31.